The zero-order valence-corrected chi connectivity index (χ0v) is 8.83. The van der Waals surface area contributed by atoms with Gasteiger partial charge in [0.15, 0.2) is 6.61 Å². The fourth-order valence-electron chi connectivity index (χ4n) is 1.70. The molecule has 2 rings (SSSR count). The highest BCUT2D eigenvalue weighted by atomic mass is 19.4. The molecule has 1 amide bonds. The number of carbonyl (C=O) groups excluding carboxylic acids is 1. The Balaban J connectivity index is 1.92. The van der Waals surface area contributed by atoms with E-state index < -0.39 is 18.9 Å². The molecule has 6 heteroatoms. The molecule has 17 heavy (non-hydrogen) atoms. The monoisotopic (exact) mass is 245 g/mol. The van der Waals surface area contributed by atoms with Gasteiger partial charge < -0.3 is 4.74 Å². The first-order chi connectivity index (χ1) is 7.96. The van der Waals surface area contributed by atoms with Crippen LogP contribution in [-0.4, -0.2) is 23.8 Å². The highest BCUT2D eigenvalue weighted by Gasteiger charge is 2.32. The Morgan fingerprint density at radius 2 is 1.76 bits per heavy atom. The summed E-state index contributed by atoms with van der Waals surface area (Å²) in [6.07, 6.45) is -5.42. The van der Waals surface area contributed by atoms with Gasteiger partial charge in [-0.25, -0.2) is 4.79 Å². The molecule has 92 valence electrons. The van der Waals surface area contributed by atoms with Crippen LogP contribution in [0.4, 0.5) is 18.0 Å². The first-order valence-electron chi connectivity index (χ1n) is 5.01. The Hall–Kier alpha value is -1.72. The molecule has 0 bridgehead atoms. The van der Waals surface area contributed by atoms with Gasteiger partial charge in [0.25, 0.3) is 0 Å². The lowest BCUT2D eigenvalue weighted by Crippen LogP contribution is -2.30. The topological polar surface area (TPSA) is 29.5 Å². The Bertz CT molecular complexity index is 406. The molecule has 0 fully saturated rings. The van der Waals surface area contributed by atoms with Crippen molar-refractivity contribution in [2.75, 3.05) is 6.61 Å². The van der Waals surface area contributed by atoms with Gasteiger partial charge in [0, 0.05) is 13.1 Å². The summed E-state index contributed by atoms with van der Waals surface area (Å²) in [6, 6.07) is 7.32. The van der Waals surface area contributed by atoms with Crippen LogP contribution in [0.2, 0.25) is 0 Å². The van der Waals surface area contributed by atoms with E-state index in [2.05, 4.69) is 4.74 Å². The van der Waals surface area contributed by atoms with Gasteiger partial charge in [-0.2, -0.15) is 13.2 Å². The van der Waals surface area contributed by atoms with Crippen LogP contribution in [0, 0.1) is 0 Å². The van der Waals surface area contributed by atoms with Crippen molar-refractivity contribution in [3.8, 4) is 0 Å². The number of hydrogen-bond donors (Lipinski definition) is 0. The van der Waals surface area contributed by atoms with Crippen molar-refractivity contribution >= 4 is 6.09 Å². The second-order valence-electron chi connectivity index (χ2n) is 3.79. The van der Waals surface area contributed by atoms with Crippen LogP contribution >= 0.6 is 0 Å². The average Bonchev–Trinajstić information content (AvgIpc) is 2.68. The van der Waals surface area contributed by atoms with Gasteiger partial charge in [0.1, 0.15) is 0 Å². The summed E-state index contributed by atoms with van der Waals surface area (Å²) in [4.78, 5) is 12.6. The maximum atomic E-state index is 11.9. The minimum Gasteiger partial charge on any atom is -0.440 e. The predicted molar refractivity (Wildman–Crippen MR) is 53.1 cm³/mol. The van der Waals surface area contributed by atoms with Crippen LogP contribution in [0.3, 0.4) is 0 Å². The van der Waals surface area contributed by atoms with E-state index >= 15 is 0 Å². The molecule has 0 unspecified atom stereocenters. The molecule has 1 aliphatic rings. The van der Waals surface area contributed by atoms with Crippen molar-refractivity contribution in [2.24, 2.45) is 0 Å². The number of ether oxygens (including phenoxy) is 1. The van der Waals surface area contributed by atoms with Gasteiger partial charge in [-0.05, 0) is 11.1 Å². The maximum Gasteiger partial charge on any atom is 0.422 e. The molecule has 3 nitrogen and oxygen atoms in total. The summed E-state index contributed by atoms with van der Waals surface area (Å²) < 4.78 is 39.8. The van der Waals surface area contributed by atoms with Crippen molar-refractivity contribution in [3.63, 3.8) is 0 Å². The van der Waals surface area contributed by atoms with Crippen LogP contribution < -0.4 is 0 Å². The number of halogens is 3. The molecule has 0 aromatic heterocycles. The first kappa shape index (κ1) is 11.8. The SMILES string of the molecule is O=C(OCC(F)(F)F)N1Cc2ccccc2C1. The molecular formula is C11H10F3NO2. The Kier molecular flexibility index (Phi) is 2.95. The van der Waals surface area contributed by atoms with Crippen molar-refractivity contribution in [1.82, 2.24) is 4.90 Å². The number of benzene rings is 1. The molecule has 1 aliphatic heterocycles. The van der Waals surface area contributed by atoms with E-state index in [9.17, 15) is 18.0 Å². The number of hydrogen-bond acceptors (Lipinski definition) is 2. The average molecular weight is 245 g/mol. The lowest BCUT2D eigenvalue weighted by Gasteiger charge is -2.16. The van der Waals surface area contributed by atoms with Gasteiger partial charge in [0.2, 0.25) is 0 Å². The van der Waals surface area contributed by atoms with Gasteiger partial charge >= 0.3 is 12.3 Å². The molecule has 0 aliphatic carbocycles. The summed E-state index contributed by atoms with van der Waals surface area (Å²) in [5.74, 6) is 0. The Morgan fingerprint density at radius 3 is 2.24 bits per heavy atom. The summed E-state index contributed by atoms with van der Waals surface area (Å²) in [7, 11) is 0. The Morgan fingerprint density at radius 1 is 1.24 bits per heavy atom. The predicted octanol–water partition coefficient (Wildman–Crippen LogP) is 2.70. The van der Waals surface area contributed by atoms with Crippen molar-refractivity contribution in [2.45, 2.75) is 19.3 Å². The van der Waals surface area contributed by atoms with Crippen LogP contribution in [0.25, 0.3) is 0 Å². The summed E-state index contributed by atoms with van der Waals surface area (Å²) in [6.45, 7) is -0.946. The lowest BCUT2D eigenvalue weighted by molar-refractivity contribution is -0.162. The summed E-state index contributed by atoms with van der Waals surface area (Å²) >= 11 is 0. The molecule has 0 saturated carbocycles. The molecule has 1 aromatic carbocycles. The van der Waals surface area contributed by atoms with Gasteiger partial charge in [-0.15, -0.1) is 0 Å². The van der Waals surface area contributed by atoms with Crippen molar-refractivity contribution < 1.29 is 22.7 Å². The standard InChI is InChI=1S/C11H10F3NO2/c12-11(13,14)7-17-10(16)15-5-8-3-1-2-4-9(8)6-15/h1-4H,5-7H2. The van der Waals surface area contributed by atoms with Gasteiger partial charge in [-0.1, -0.05) is 24.3 Å². The molecule has 0 N–H and O–H groups in total. The minimum atomic E-state index is -4.48. The van der Waals surface area contributed by atoms with E-state index in [4.69, 9.17) is 0 Å². The van der Waals surface area contributed by atoms with Crippen LogP contribution in [0.1, 0.15) is 11.1 Å². The van der Waals surface area contributed by atoms with E-state index in [-0.39, 0.29) is 0 Å². The van der Waals surface area contributed by atoms with Gasteiger partial charge in [0.05, 0.1) is 0 Å². The molecule has 0 atom stereocenters. The van der Waals surface area contributed by atoms with E-state index in [1.807, 2.05) is 24.3 Å². The summed E-state index contributed by atoms with van der Waals surface area (Å²) in [5, 5.41) is 0. The second-order valence-corrected chi connectivity index (χ2v) is 3.79. The van der Waals surface area contributed by atoms with Crippen molar-refractivity contribution in [1.29, 1.82) is 0 Å². The number of amides is 1. The number of alkyl halides is 3. The van der Waals surface area contributed by atoms with Gasteiger partial charge in [-0.3, -0.25) is 4.90 Å². The smallest absolute Gasteiger partial charge is 0.422 e. The van der Waals surface area contributed by atoms with E-state index in [0.29, 0.717) is 13.1 Å². The van der Waals surface area contributed by atoms with Crippen LogP contribution in [0.15, 0.2) is 24.3 Å². The minimum absolute atomic E-state index is 0.298. The first-order valence-corrected chi connectivity index (χ1v) is 5.01. The normalized spacial score (nSPS) is 14.6. The number of carbonyl (C=O) groups is 1. The number of rotatable bonds is 1. The molecule has 0 radical (unpaired) electrons. The maximum absolute atomic E-state index is 11.9. The molecule has 0 spiro atoms. The summed E-state index contributed by atoms with van der Waals surface area (Å²) in [5.41, 5.74) is 1.88. The Labute approximate surface area is 95.8 Å². The van der Waals surface area contributed by atoms with Crippen LogP contribution in [0.5, 0.6) is 0 Å². The lowest BCUT2D eigenvalue weighted by atomic mass is 10.1. The van der Waals surface area contributed by atoms with E-state index in [1.165, 1.54) is 4.90 Å². The molecular weight excluding hydrogens is 235 g/mol. The van der Waals surface area contributed by atoms with Crippen LogP contribution in [-0.2, 0) is 17.8 Å². The number of nitrogens with zero attached hydrogens (tertiary/aromatic N) is 1. The highest BCUT2D eigenvalue weighted by molar-refractivity contribution is 5.68. The second kappa shape index (κ2) is 4.27. The fraction of sp³-hybridized carbons (Fsp3) is 0.364. The molecule has 1 heterocycles. The highest BCUT2D eigenvalue weighted by Crippen LogP contribution is 2.23. The third-order valence-corrected chi connectivity index (χ3v) is 2.46. The quantitative estimate of drug-likeness (QED) is 0.761. The largest absolute Gasteiger partial charge is 0.440 e. The van der Waals surface area contributed by atoms with E-state index in [0.717, 1.165) is 11.1 Å². The third-order valence-electron chi connectivity index (χ3n) is 2.46. The fourth-order valence-corrected chi connectivity index (χ4v) is 1.70. The molecule has 1 aromatic rings. The van der Waals surface area contributed by atoms with E-state index in [1.54, 1.807) is 0 Å². The zero-order valence-electron chi connectivity index (χ0n) is 8.83. The molecule has 0 saturated heterocycles. The number of fused-ring (bicyclic) bond motifs is 1. The van der Waals surface area contributed by atoms with Crippen molar-refractivity contribution in [3.05, 3.63) is 35.4 Å². The zero-order chi connectivity index (χ0) is 12.5. The third kappa shape index (κ3) is 2.89.